The van der Waals surface area contributed by atoms with Crippen LogP contribution in [-0.4, -0.2) is 53.0 Å². The summed E-state index contributed by atoms with van der Waals surface area (Å²) in [5.41, 5.74) is -0.897. The predicted octanol–water partition coefficient (Wildman–Crippen LogP) is 4.20. The van der Waals surface area contributed by atoms with Crippen molar-refractivity contribution in [2.75, 3.05) is 19.8 Å². The molecule has 0 aliphatic carbocycles. The zero-order valence-corrected chi connectivity index (χ0v) is 21.1. The van der Waals surface area contributed by atoms with Gasteiger partial charge in [-0.05, 0) is 59.4 Å². The molecule has 1 aliphatic heterocycles. The van der Waals surface area contributed by atoms with Crippen molar-refractivity contribution in [2.24, 2.45) is 5.41 Å². The van der Waals surface area contributed by atoms with Crippen molar-refractivity contribution < 1.29 is 29.0 Å². The van der Waals surface area contributed by atoms with Crippen molar-refractivity contribution in [2.45, 2.75) is 83.9 Å². The Labute approximate surface area is 203 Å². The quantitative estimate of drug-likeness (QED) is 0.381. The van der Waals surface area contributed by atoms with E-state index in [9.17, 15) is 14.7 Å². The lowest BCUT2D eigenvalue weighted by atomic mass is 9.82. The number of carbonyl (C=O) groups is 2. The Kier molecular flexibility index (Phi) is 9.69. The number of rotatable bonds is 11. The first kappa shape index (κ1) is 27.8. The first-order valence-corrected chi connectivity index (χ1v) is 11.8. The topological polar surface area (TPSA) is 85.3 Å². The van der Waals surface area contributed by atoms with Crippen LogP contribution >= 0.6 is 0 Å². The van der Waals surface area contributed by atoms with Gasteiger partial charge >= 0.3 is 11.9 Å². The number of nitrogens with zero attached hydrogens (tertiary/aromatic N) is 1. The van der Waals surface area contributed by atoms with Crippen LogP contribution in [0, 0.1) is 17.8 Å². The molecule has 2 unspecified atom stereocenters. The van der Waals surface area contributed by atoms with Crippen molar-refractivity contribution in [3.05, 3.63) is 35.9 Å². The number of hydrogen-bond acceptors (Lipinski definition) is 7. The summed E-state index contributed by atoms with van der Waals surface area (Å²) in [6.45, 7) is 9.23. The molecule has 2 rings (SSSR count). The van der Waals surface area contributed by atoms with E-state index in [1.54, 1.807) is 0 Å². The maximum atomic E-state index is 12.9. The molecule has 7 heteroatoms. The average Bonchev–Trinajstić information content (AvgIpc) is 2.80. The minimum Gasteiger partial charge on any atom is -0.464 e. The lowest BCUT2D eigenvalue weighted by Gasteiger charge is -2.52. The molecule has 1 aromatic carbocycles. The second-order valence-electron chi connectivity index (χ2n) is 10.5. The number of carbonyl (C=O) groups excluding carboxylic acids is 2. The Morgan fingerprint density at radius 1 is 1.15 bits per heavy atom. The molecular formula is C27H39NO6. The molecule has 188 valence electrons. The number of hydrogen-bond donors (Lipinski definition) is 1. The molecule has 0 radical (unpaired) electrons. The number of esters is 2. The summed E-state index contributed by atoms with van der Waals surface area (Å²) in [6.07, 6.45) is 8.02. The monoisotopic (exact) mass is 473 g/mol. The van der Waals surface area contributed by atoms with E-state index in [-0.39, 0.29) is 37.1 Å². The number of benzene rings is 1. The summed E-state index contributed by atoms with van der Waals surface area (Å²) in [5.74, 6) is 1.18. The summed E-state index contributed by atoms with van der Waals surface area (Å²) >= 11 is 0. The highest BCUT2D eigenvalue weighted by Gasteiger charge is 2.44. The molecule has 1 aromatic rings. The molecule has 7 nitrogen and oxygen atoms in total. The summed E-state index contributed by atoms with van der Waals surface area (Å²) in [4.78, 5) is 31.3. The maximum absolute atomic E-state index is 12.9. The number of ether oxygens (including phenoxy) is 2. The van der Waals surface area contributed by atoms with Gasteiger partial charge in [0.05, 0.1) is 13.0 Å². The van der Waals surface area contributed by atoms with Crippen LogP contribution in [0.3, 0.4) is 0 Å². The third kappa shape index (κ3) is 7.30. The summed E-state index contributed by atoms with van der Waals surface area (Å²) in [7, 11) is 0. The molecule has 1 N–H and O–H groups in total. The molecule has 34 heavy (non-hydrogen) atoms. The largest absolute Gasteiger partial charge is 0.464 e. The number of terminal acetylenes is 1. The van der Waals surface area contributed by atoms with Gasteiger partial charge in [-0.3, -0.25) is 14.4 Å². The number of aliphatic hydroxyl groups excluding tert-OH is 1. The van der Waals surface area contributed by atoms with E-state index >= 15 is 0 Å². The van der Waals surface area contributed by atoms with E-state index in [0.717, 1.165) is 24.8 Å². The minimum absolute atomic E-state index is 0.0495. The molecule has 1 heterocycles. The van der Waals surface area contributed by atoms with Gasteiger partial charge in [-0.2, -0.15) is 5.06 Å². The zero-order chi connectivity index (χ0) is 25.4. The Balaban J connectivity index is 2.14. The predicted molar refractivity (Wildman–Crippen MR) is 129 cm³/mol. The molecule has 0 saturated carbocycles. The van der Waals surface area contributed by atoms with Crippen LogP contribution in [0.5, 0.6) is 0 Å². The van der Waals surface area contributed by atoms with Gasteiger partial charge in [-0.25, -0.2) is 0 Å². The van der Waals surface area contributed by atoms with Gasteiger partial charge in [-0.1, -0.05) is 30.3 Å². The second-order valence-corrected chi connectivity index (χ2v) is 10.5. The van der Waals surface area contributed by atoms with Crippen LogP contribution in [0.4, 0.5) is 0 Å². The number of aliphatic hydroxyl groups is 1. The molecule has 0 spiro atoms. The van der Waals surface area contributed by atoms with E-state index < -0.39 is 30.1 Å². The molecular weight excluding hydrogens is 434 g/mol. The van der Waals surface area contributed by atoms with E-state index in [1.165, 1.54) is 6.92 Å². The van der Waals surface area contributed by atoms with Gasteiger partial charge in [0.15, 0.2) is 0 Å². The third-order valence-corrected chi connectivity index (χ3v) is 6.31. The SMILES string of the molecule is C#CCCC(=O)OCC(C)(CO)C(=O)OCC(ON1C(C)(C)CCCC1(C)C)c1ccccc1. The highest BCUT2D eigenvalue weighted by molar-refractivity contribution is 5.77. The van der Waals surface area contributed by atoms with Crippen LogP contribution in [0.2, 0.25) is 0 Å². The normalized spacial score (nSPS) is 19.9. The number of piperidine rings is 1. The molecule has 1 fully saturated rings. The van der Waals surface area contributed by atoms with E-state index in [2.05, 4.69) is 33.6 Å². The van der Waals surface area contributed by atoms with Crippen LogP contribution in [-0.2, 0) is 23.9 Å². The van der Waals surface area contributed by atoms with Gasteiger partial charge in [-0.15, -0.1) is 12.3 Å². The van der Waals surface area contributed by atoms with Crippen LogP contribution in [0.25, 0.3) is 0 Å². The summed E-state index contributed by atoms with van der Waals surface area (Å²) in [5, 5.41) is 11.9. The van der Waals surface area contributed by atoms with Crippen molar-refractivity contribution in [1.82, 2.24) is 5.06 Å². The Hall–Kier alpha value is -2.40. The Morgan fingerprint density at radius 3 is 2.32 bits per heavy atom. The Bertz CT molecular complexity index is 844. The lowest BCUT2D eigenvalue weighted by molar-refractivity contribution is -0.312. The third-order valence-electron chi connectivity index (χ3n) is 6.31. The molecule has 2 atom stereocenters. The van der Waals surface area contributed by atoms with Gasteiger partial charge in [0.25, 0.3) is 0 Å². The van der Waals surface area contributed by atoms with Gasteiger partial charge in [0, 0.05) is 17.5 Å². The van der Waals surface area contributed by atoms with Crippen molar-refractivity contribution >= 4 is 11.9 Å². The van der Waals surface area contributed by atoms with Gasteiger partial charge in [0.2, 0.25) is 0 Å². The van der Waals surface area contributed by atoms with Crippen LogP contribution in [0.15, 0.2) is 30.3 Å². The molecule has 0 amide bonds. The fraction of sp³-hybridized carbons (Fsp3) is 0.630. The fourth-order valence-electron chi connectivity index (χ4n) is 4.22. The molecule has 1 aliphatic rings. The standard InChI is InChI=1S/C27H39NO6/c1-7-8-15-23(30)33-20-27(6,19-29)24(31)32-18-22(21-13-10-9-11-14-21)34-28-25(2,3)16-12-17-26(28,4)5/h1,9-11,13-14,22,29H,8,12,15-20H2,2-6H3. The highest BCUT2D eigenvalue weighted by atomic mass is 16.7. The lowest BCUT2D eigenvalue weighted by Crippen LogP contribution is -2.58. The van der Waals surface area contributed by atoms with Crippen molar-refractivity contribution in [1.29, 1.82) is 0 Å². The first-order valence-electron chi connectivity index (χ1n) is 11.8. The number of hydroxylamine groups is 2. The maximum Gasteiger partial charge on any atom is 0.317 e. The zero-order valence-electron chi connectivity index (χ0n) is 21.1. The highest BCUT2D eigenvalue weighted by Crippen LogP contribution is 2.40. The van der Waals surface area contributed by atoms with Crippen molar-refractivity contribution in [3.8, 4) is 12.3 Å². The fourth-order valence-corrected chi connectivity index (χ4v) is 4.22. The van der Waals surface area contributed by atoms with Gasteiger partial charge in [0.1, 0.15) is 24.7 Å². The minimum atomic E-state index is -1.39. The summed E-state index contributed by atoms with van der Waals surface area (Å²) < 4.78 is 10.8. The van der Waals surface area contributed by atoms with E-state index in [4.69, 9.17) is 20.7 Å². The second kappa shape index (κ2) is 11.8. The Morgan fingerprint density at radius 2 is 1.76 bits per heavy atom. The molecule has 1 saturated heterocycles. The van der Waals surface area contributed by atoms with Crippen LogP contribution in [0.1, 0.15) is 78.4 Å². The molecule has 0 aromatic heterocycles. The first-order chi connectivity index (χ1) is 15.9. The summed E-state index contributed by atoms with van der Waals surface area (Å²) in [6, 6.07) is 9.60. The van der Waals surface area contributed by atoms with E-state index in [1.807, 2.05) is 35.4 Å². The smallest absolute Gasteiger partial charge is 0.317 e. The van der Waals surface area contributed by atoms with Crippen molar-refractivity contribution in [3.63, 3.8) is 0 Å². The van der Waals surface area contributed by atoms with E-state index in [0.29, 0.717) is 0 Å². The van der Waals surface area contributed by atoms with Gasteiger partial charge < -0.3 is 14.6 Å². The van der Waals surface area contributed by atoms with Crippen LogP contribution < -0.4 is 0 Å². The molecule has 0 bridgehead atoms. The average molecular weight is 474 g/mol.